The van der Waals surface area contributed by atoms with Crippen LogP contribution in [0.15, 0.2) is 4.99 Å². The maximum atomic E-state index is 9.93. The summed E-state index contributed by atoms with van der Waals surface area (Å²) in [6.45, 7) is 6.60. The Morgan fingerprint density at radius 2 is 2.05 bits per heavy atom. The fourth-order valence-electron chi connectivity index (χ4n) is 3.42. The van der Waals surface area contributed by atoms with Gasteiger partial charge in [-0.3, -0.25) is 4.99 Å². The molecule has 0 aromatic carbocycles. The Bertz CT molecular complexity index is 343. The summed E-state index contributed by atoms with van der Waals surface area (Å²) in [4.78, 5) is 6.99. The van der Waals surface area contributed by atoms with Crippen LogP contribution < -0.4 is 5.32 Å². The van der Waals surface area contributed by atoms with Crippen molar-refractivity contribution in [3.8, 4) is 0 Å². The number of aliphatic imine (C=N–C) groups is 1. The van der Waals surface area contributed by atoms with Gasteiger partial charge >= 0.3 is 0 Å². The molecule has 22 heavy (non-hydrogen) atoms. The first-order valence-electron chi connectivity index (χ1n) is 8.96. The van der Waals surface area contributed by atoms with Crippen LogP contribution in [0.2, 0.25) is 0 Å². The molecule has 5 heteroatoms. The second-order valence-corrected chi connectivity index (χ2v) is 6.72. The Morgan fingerprint density at radius 1 is 1.27 bits per heavy atom. The summed E-state index contributed by atoms with van der Waals surface area (Å²) in [6, 6.07) is 0. The highest BCUT2D eigenvalue weighted by Gasteiger charge is 2.25. The van der Waals surface area contributed by atoms with Crippen LogP contribution in [0, 0.1) is 11.8 Å². The van der Waals surface area contributed by atoms with Crippen LogP contribution in [0.3, 0.4) is 0 Å². The lowest BCUT2D eigenvalue weighted by molar-refractivity contribution is 0.0625. The largest absolute Gasteiger partial charge is 0.393 e. The van der Waals surface area contributed by atoms with Gasteiger partial charge in [-0.2, -0.15) is 0 Å². The van der Waals surface area contributed by atoms with Gasteiger partial charge in [0.1, 0.15) is 0 Å². The van der Waals surface area contributed by atoms with Gasteiger partial charge in [-0.05, 0) is 44.9 Å². The highest BCUT2D eigenvalue weighted by Crippen LogP contribution is 2.25. The molecule has 128 valence electrons. The summed E-state index contributed by atoms with van der Waals surface area (Å²) >= 11 is 0. The average molecular weight is 311 g/mol. The van der Waals surface area contributed by atoms with E-state index in [2.05, 4.69) is 24.2 Å². The third-order valence-corrected chi connectivity index (χ3v) is 5.00. The number of hydrogen-bond acceptors (Lipinski definition) is 3. The zero-order chi connectivity index (χ0) is 15.8. The predicted octanol–water partition coefficient (Wildman–Crippen LogP) is 1.86. The van der Waals surface area contributed by atoms with Crippen LogP contribution in [-0.2, 0) is 4.74 Å². The monoisotopic (exact) mass is 311 g/mol. The SMILES string of the molecule is CCNC(=NC[C@H]1CCC[C@H]1O)N(C)CCC1CCOCC1. The van der Waals surface area contributed by atoms with Crippen LogP contribution in [0.25, 0.3) is 0 Å². The molecule has 2 atom stereocenters. The quantitative estimate of drug-likeness (QED) is 0.581. The van der Waals surface area contributed by atoms with Crippen molar-refractivity contribution in [2.45, 2.75) is 51.6 Å². The smallest absolute Gasteiger partial charge is 0.193 e. The van der Waals surface area contributed by atoms with Crippen molar-refractivity contribution in [2.24, 2.45) is 16.8 Å². The normalized spacial score (nSPS) is 27.1. The Kier molecular flexibility index (Phi) is 7.46. The minimum Gasteiger partial charge on any atom is -0.393 e. The molecule has 1 saturated heterocycles. The molecule has 0 spiro atoms. The van der Waals surface area contributed by atoms with E-state index in [9.17, 15) is 5.11 Å². The molecule has 2 rings (SSSR count). The first kappa shape index (κ1) is 17.5. The van der Waals surface area contributed by atoms with Gasteiger partial charge in [0.2, 0.25) is 0 Å². The van der Waals surface area contributed by atoms with E-state index in [0.29, 0.717) is 5.92 Å². The Labute approximate surface area is 135 Å². The van der Waals surface area contributed by atoms with Gasteiger partial charge in [-0.15, -0.1) is 0 Å². The lowest BCUT2D eigenvalue weighted by atomic mass is 9.96. The zero-order valence-electron chi connectivity index (χ0n) is 14.3. The van der Waals surface area contributed by atoms with E-state index in [1.165, 1.54) is 19.3 Å². The van der Waals surface area contributed by atoms with E-state index >= 15 is 0 Å². The summed E-state index contributed by atoms with van der Waals surface area (Å²) in [5, 5.41) is 13.3. The summed E-state index contributed by atoms with van der Waals surface area (Å²) in [5.41, 5.74) is 0. The lowest BCUT2D eigenvalue weighted by Gasteiger charge is -2.27. The summed E-state index contributed by atoms with van der Waals surface area (Å²) in [6.07, 6.45) is 6.62. The van der Waals surface area contributed by atoms with Crippen molar-refractivity contribution in [2.75, 3.05) is 39.9 Å². The summed E-state index contributed by atoms with van der Waals surface area (Å²) in [7, 11) is 2.12. The number of nitrogens with zero attached hydrogens (tertiary/aromatic N) is 2. The zero-order valence-corrected chi connectivity index (χ0v) is 14.3. The molecular formula is C17H33N3O2. The second kappa shape index (κ2) is 9.36. The molecule has 1 saturated carbocycles. The lowest BCUT2D eigenvalue weighted by Crippen LogP contribution is -2.40. The maximum absolute atomic E-state index is 9.93. The third kappa shape index (κ3) is 5.43. The summed E-state index contributed by atoms with van der Waals surface area (Å²) in [5.74, 6) is 2.11. The molecule has 1 aliphatic carbocycles. The molecule has 0 unspecified atom stereocenters. The number of nitrogens with one attached hydrogen (secondary N) is 1. The van der Waals surface area contributed by atoms with Gasteiger partial charge in [0.05, 0.1) is 6.10 Å². The number of aliphatic hydroxyl groups excluding tert-OH is 1. The van der Waals surface area contributed by atoms with Crippen LogP contribution in [-0.4, -0.2) is 62.0 Å². The first-order valence-corrected chi connectivity index (χ1v) is 8.96. The van der Waals surface area contributed by atoms with Crippen molar-refractivity contribution in [1.82, 2.24) is 10.2 Å². The van der Waals surface area contributed by atoms with Crippen molar-refractivity contribution >= 4 is 5.96 Å². The van der Waals surface area contributed by atoms with Gasteiger partial charge in [-0.25, -0.2) is 0 Å². The van der Waals surface area contributed by atoms with Crippen molar-refractivity contribution < 1.29 is 9.84 Å². The molecule has 0 aromatic heterocycles. The fourth-order valence-corrected chi connectivity index (χ4v) is 3.42. The first-order chi connectivity index (χ1) is 10.7. The Morgan fingerprint density at radius 3 is 2.68 bits per heavy atom. The molecule has 2 aliphatic rings. The van der Waals surface area contributed by atoms with Crippen LogP contribution in [0.4, 0.5) is 0 Å². The molecule has 1 heterocycles. The molecule has 0 bridgehead atoms. The number of rotatable bonds is 6. The van der Waals surface area contributed by atoms with Gasteiger partial charge in [0.15, 0.2) is 5.96 Å². The molecule has 0 aromatic rings. The third-order valence-electron chi connectivity index (χ3n) is 5.00. The number of hydrogen-bond donors (Lipinski definition) is 2. The Balaban J connectivity index is 1.79. The Hall–Kier alpha value is -0.810. The molecule has 5 nitrogen and oxygen atoms in total. The standard InChI is InChI=1S/C17H33N3O2/c1-3-18-17(19-13-15-5-4-6-16(15)21)20(2)10-7-14-8-11-22-12-9-14/h14-16,21H,3-13H2,1-2H3,(H,18,19)/t15-,16-/m1/s1. The van der Waals surface area contributed by atoms with E-state index in [1.807, 2.05) is 0 Å². The number of ether oxygens (including phenoxy) is 1. The predicted molar refractivity (Wildman–Crippen MR) is 90.1 cm³/mol. The molecule has 0 amide bonds. The van der Waals surface area contributed by atoms with E-state index in [-0.39, 0.29) is 6.10 Å². The maximum Gasteiger partial charge on any atom is 0.193 e. The van der Waals surface area contributed by atoms with Crippen LogP contribution in [0.1, 0.15) is 45.4 Å². The van der Waals surface area contributed by atoms with E-state index in [0.717, 1.165) is 64.0 Å². The van der Waals surface area contributed by atoms with Crippen molar-refractivity contribution in [3.63, 3.8) is 0 Å². The molecule has 2 fully saturated rings. The van der Waals surface area contributed by atoms with Crippen molar-refractivity contribution in [1.29, 1.82) is 0 Å². The van der Waals surface area contributed by atoms with Gasteiger partial charge in [0.25, 0.3) is 0 Å². The highest BCUT2D eigenvalue weighted by atomic mass is 16.5. The van der Waals surface area contributed by atoms with E-state index in [4.69, 9.17) is 9.73 Å². The number of guanidine groups is 1. The van der Waals surface area contributed by atoms with Crippen LogP contribution >= 0.6 is 0 Å². The van der Waals surface area contributed by atoms with Crippen molar-refractivity contribution in [3.05, 3.63) is 0 Å². The topological polar surface area (TPSA) is 57.1 Å². The molecule has 0 radical (unpaired) electrons. The minimum absolute atomic E-state index is 0.154. The second-order valence-electron chi connectivity index (χ2n) is 6.72. The fraction of sp³-hybridized carbons (Fsp3) is 0.941. The van der Waals surface area contributed by atoms with Gasteiger partial charge < -0.3 is 20.1 Å². The molecule has 1 aliphatic heterocycles. The van der Waals surface area contributed by atoms with E-state index in [1.54, 1.807) is 0 Å². The van der Waals surface area contributed by atoms with E-state index < -0.39 is 0 Å². The number of aliphatic hydroxyl groups is 1. The van der Waals surface area contributed by atoms with Gasteiger partial charge in [0, 0.05) is 45.8 Å². The average Bonchev–Trinajstić information content (AvgIpc) is 2.95. The minimum atomic E-state index is -0.154. The molecular weight excluding hydrogens is 278 g/mol. The van der Waals surface area contributed by atoms with Crippen LogP contribution in [0.5, 0.6) is 0 Å². The summed E-state index contributed by atoms with van der Waals surface area (Å²) < 4.78 is 5.42. The highest BCUT2D eigenvalue weighted by molar-refractivity contribution is 5.79. The van der Waals surface area contributed by atoms with Gasteiger partial charge in [-0.1, -0.05) is 6.42 Å². The molecule has 2 N–H and O–H groups in total.